The van der Waals surface area contributed by atoms with Gasteiger partial charge in [-0.2, -0.15) is 0 Å². The molecule has 1 heteroatoms. The summed E-state index contributed by atoms with van der Waals surface area (Å²) in [4.78, 5) is 0. The van der Waals surface area contributed by atoms with Crippen LogP contribution in [0.5, 0.6) is 5.75 Å². The predicted octanol–water partition coefficient (Wildman–Crippen LogP) is 7.53. The minimum Gasteiger partial charge on any atom is -0.507 e. The van der Waals surface area contributed by atoms with Crippen molar-refractivity contribution in [2.45, 2.75) is 81.1 Å². The van der Waals surface area contributed by atoms with Gasteiger partial charge in [0.15, 0.2) is 0 Å². The van der Waals surface area contributed by atoms with Crippen molar-refractivity contribution in [2.75, 3.05) is 0 Å². The topological polar surface area (TPSA) is 20.2 Å². The van der Waals surface area contributed by atoms with E-state index in [2.05, 4.69) is 79.7 Å². The lowest BCUT2D eigenvalue weighted by Crippen LogP contribution is -2.15. The first-order valence-corrected chi connectivity index (χ1v) is 10.3. The molecule has 0 aliphatic heterocycles. The number of rotatable bonds is 5. The molecule has 0 spiro atoms. The fourth-order valence-corrected chi connectivity index (χ4v) is 4.65. The summed E-state index contributed by atoms with van der Waals surface area (Å²) < 4.78 is 0. The molecule has 0 saturated carbocycles. The van der Waals surface area contributed by atoms with Crippen LogP contribution in [0.4, 0.5) is 0 Å². The molecule has 0 aliphatic rings. The zero-order chi connectivity index (χ0) is 20.5. The van der Waals surface area contributed by atoms with Gasteiger partial charge in [0.2, 0.25) is 0 Å². The van der Waals surface area contributed by atoms with Gasteiger partial charge in [-0.3, -0.25) is 0 Å². The van der Waals surface area contributed by atoms with Gasteiger partial charge in [0.25, 0.3) is 0 Å². The summed E-state index contributed by atoms with van der Waals surface area (Å²) >= 11 is 0. The molecule has 1 nitrogen and oxygen atoms in total. The van der Waals surface area contributed by atoms with E-state index in [1.807, 2.05) is 6.92 Å². The number of phenolic OH excluding ortho intramolecular Hbond substituents is 1. The van der Waals surface area contributed by atoms with Gasteiger partial charge in [-0.15, -0.1) is 0 Å². The van der Waals surface area contributed by atoms with E-state index >= 15 is 0 Å². The Hall–Kier alpha value is -1.76. The van der Waals surface area contributed by atoms with Crippen molar-refractivity contribution in [3.05, 3.63) is 63.2 Å². The minimum absolute atomic E-state index is 0.222. The van der Waals surface area contributed by atoms with E-state index in [9.17, 15) is 5.11 Å². The molecule has 2 aromatic carbocycles. The van der Waals surface area contributed by atoms with E-state index in [1.54, 1.807) is 0 Å². The predicted molar refractivity (Wildman–Crippen MR) is 118 cm³/mol. The Labute approximate surface area is 166 Å². The van der Waals surface area contributed by atoms with Crippen LogP contribution in [0, 0.1) is 46.0 Å². The second-order valence-electron chi connectivity index (χ2n) is 9.97. The summed E-state index contributed by atoms with van der Waals surface area (Å²) in [6, 6.07) is 8.85. The van der Waals surface area contributed by atoms with Crippen LogP contribution in [0.3, 0.4) is 0 Å². The third-order valence-electron chi connectivity index (χ3n) is 5.68. The number of aromatic hydroxyl groups is 1. The lowest BCUT2D eigenvalue weighted by atomic mass is 9.76. The molecule has 148 valence electrons. The highest BCUT2D eigenvalue weighted by molar-refractivity contribution is 5.51. The van der Waals surface area contributed by atoms with E-state index in [1.165, 1.54) is 34.2 Å². The fourth-order valence-electron chi connectivity index (χ4n) is 4.65. The zero-order valence-corrected chi connectivity index (χ0v) is 18.8. The molecule has 2 aromatic rings. The lowest BCUT2D eigenvalue weighted by molar-refractivity contribution is 0.290. The van der Waals surface area contributed by atoms with E-state index in [4.69, 9.17) is 0 Å². The first kappa shape index (κ1) is 21.5. The van der Waals surface area contributed by atoms with Crippen LogP contribution >= 0.6 is 0 Å². The molecule has 2 unspecified atom stereocenters. The van der Waals surface area contributed by atoms with Crippen LogP contribution in [0.15, 0.2) is 24.3 Å². The molecule has 0 saturated heterocycles. The number of hydrogen-bond acceptors (Lipinski definition) is 1. The smallest absolute Gasteiger partial charge is 0.122 e. The fraction of sp³-hybridized carbons (Fsp3) is 0.538. The molecule has 0 aromatic heterocycles. The normalized spacial score (nSPS) is 14.3. The number of benzene rings is 2. The Morgan fingerprint density at radius 1 is 0.815 bits per heavy atom. The van der Waals surface area contributed by atoms with Crippen molar-refractivity contribution in [3.8, 4) is 5.75 Å². The summed E-state index contributed by atoms with van der Waals surface area (Å²) in [6.07, 6.45) is 2.23. The molecule has 0 amide bonds. The van der Waals surface area contributed by atoms with Gasteiger partial charge in [0.1, 0.15) is 5.75 Å². The van der Waals surface area contributed by atoms with Gasteiger partial charge in [0.05, 0.1) is 0 Å². The highest BCUT2D eigenvalue weighted by Crippen LogP contribution is 2.42. The summed E-state index contributed by atoms with van der Waals surface area (Å²) in [5, 5.41) is 10.9. The number of phenols is 1. The van der Waals surface area contributed by atoms with Gasteiger partial charge in [-0.1, -0.05) is 63.1 Å². The quantitative estimate of drug-likeness (QED) is 0.580. The summed E-state index contributed by atoms with van der Waals surface area (Å²) in [5.41, 5.74) is 8.94. The average molecular weight is 367 g/mol. The van der Waals surface area contributed by atoms with Gasteiger partial charge < -0.3 is 5.11 Å². The molecule has 0 fully saturated rings. The molecule has 0 aliphatic carbocycles. The van der Waals surface area contributed by atoms with Gasteiger partial charge >= 0.3 is 0 Å². The lowest BCUT2D eigenvalue weighted by Gasteiger charge is -2.29. The molecular formula is C26H38O. The second kappa shape index (κ2) is 8.09. The monoisotopic (exact) mass is 366 g/mol. The number of aryl methyl sites for hydroxylation is 4. The van der Waals surface area contributed by atoms with E-state index in [0.717, 1.165) is 17.5 Å². The molecule has 27 heavy (non-hydrogen) atoms. The molecule has 1 N–H and O–H groups in total. The third kappa shape index (κ3) is 5.37. The maximum Gasteiger partial charge on any atom is 0.122 e. The Kier molecular flexibility index (Phi) is 6.45. The van der Waals surface area contributed by atoms with Gasteiger partial charge in [-0.25, -0.2) is 0 Å². The Morgan fingerprint density at radius 3 is 1.89 bits per heavy atom. The van der Waals surface area contributed by atoms with E-state index < -0.39 is 0 Å². The average Bonchev–Trinajstić information content (AvgIpc) is 2.50. The highest BCUT2D eigenvalue weighted by atomic mass is 16.3. The van der Waals surface area contributed by atoms with Gasteiger partial charge in [0, 0.05) is 11.5 Å². The van der Waals surface area contributed by atoms with E-state index in [0.29, 0.717) is 17.1 Å². The summed E-state index contributed by atoms with van der Waals surface area (Å²) in [6.45, 7) is 20.0. The van der Waals surface area contributed by atoms with E-state index in [-0.39, 0.29) is 5.92 Å². The van der Waals surface area contributed by atoms with Crippen LogP contribution < -0.4 is 0 Å². The Bertz CT molecular complexity index is 750. The van der Waals surface area contributed by atoms with Crippen molar-refractivity contribution >= 4 is 0 Å². The summed E-state index contributed by atoms with van der Waals surface area (Å²) in [7, 11) is 0. The maximum atomic E-state index is 10.9. The van der Waals surface area contributed by atoms with Crippen molar-refractivity contribution in [3.63, 3.8) is 0 Å². The molecule has 2 rings (SSSR count). The van der Waals surface area contributed by atoms with Crippen LogP contribution in [-0.4, -0.2) is 5.11 Å². The summed E-state index contributed by atoms with van der Waals surface area (Å²) in [5.74, 6) is 1.27. The molecule has 0 radical (unpaired) electrons. The molecule has 2 atom stereocenters. The van der Waals surface area contributed by atoms with Crippen LogP contribution in [0.1, 0.15) is 85.4 Å². The first-order valence-electron chi connectivity index (χ1n) is 10.3. The van der Waals surface area contributed by atoms with Crippen LogP contribution in [-0.2, 0) is 0 Å². The highest BCUT2D eigenvalue weighted by Gasteiger charge is 2.26. The Balaban J connectivity index is 2.60. The molecule has 0 heterocycles. The maximum absolute atomic E-state index is 10.9. The van der Waals surface area contributed by atoms with Crippen LogP contribution in [0.25, 0.3) is 0 Å². The van der Waals surface area contributed by atoms with Crippen molar-refractivity contribution in [2.24, 2.45) is 11.3 Å². The second-order valence-corrected chi connectivity index (χ2v) is 9.97. The van der Waals surface area contributed by atoms with Crippen molar-refractivity contribution in [1.82, 2.24) is 0 Å². The Morgan fingerprint density at radius 2 is 1.33 bits per heavy atom. The third-order valence-corrected chi connectivity index (χ3v) is 5.68. The van der Waals surface area contributed by atoms with Gasteiger partial charge in [-0.05, 0) is 81.0 Å². The number of hydrogen-bond donors (Lipinski definition) is 1. The molecular weight excluding hydrogens is 328 g/mol. The molecule has 0 bridgehead atoms. The van der Waals surface area contributed by atoms with Crippen LogP contribution in [0.2, 0.25) is 0 Å². The first-order chi connectivity index (χ1) is 12.4. The minimum atomic E-state index is 0.222. The van der Waals surface area contributed by atoms with Crippen molar-refractivity contribution in [1.29, 1.82) is 0 Å². The van der Waals surface area contributed by atoms with Crippen molar-refractivity contribution < 1.29 is 5.11 Å². The standard InChI is InChI=1S/C26H38O/c1-16-10-19(4)21(6)22(12-16)23(14-18(3)15-26(7,8)9)24-13-17(2)11-20(5)25(24)27/h10-13,18,23,27H,14-15H2,1-9H3. The zero-order valence-electron chi connectivity index (χ0n) is 18.8. The SMILES string of the molecule is Cc1cc(C)c(C)c(C(CC(C)CC(C)(C)C)c2cc(C)cc(C)c2O)c1. The largest absolute Gasteiger partial charge is 0.507 e.